The lowest BCUT2D eigenvalue weighted by atomic mass is 10.3. The fraction of sp³-hybridized carbons (Fsp3) is 0.444. The topological polar surface area (TPSA) is 60.1 Å². The Kier molecular flexibility index (Phi) is 3.08. The van der Waals surface area contributed by atoms with Gasteiger partial charge in [0, 0.05) is 26.0 Å². The van der Waals surface area contributed by atoms with E-state index in [1.54, 1.807) is 6.92 Å². The Morgan fingerprint density at radius 1 is 1.77 bits per heavy atom. The third-order valence-corrected chi connectivity index (χ3v) is 1.93. The number of aromatic nitrogens is 1. The molecular weight excluding hydrogens is 166 g/mol. The quantitative estimate of drug-likeness (QED) is 0.686. The number of aryl methyl sites for hydroxylation is 1. The van der Waals surface area contributed by atoms with Crippen LogP contribution in [0.15, 0.2) is 18.5 Å². The Morgan fingerprint density at radius 3 is 2.92 bits per heavy atom. The predicted molar refractivity (Wildman–Crippen MR) is 50.9 cm³/mol. The molecule has 4 nitrogen and oxygen atoms in total. The number of nitrogens with one attached hydrogen (secondary N) is 1. The zero-order valence-corrected chi connectivity index (χ0v) is 7.95. The molecule has 3 N–H and O–H groups in total. The molecule has 0 radical (unpaired) electrons. The van der Waals surface area contributed by atoms with Crippen molar-refractivity contribution < 1.29 is 4.79 Å². The summed E-state index contributed by atoms with van der Waals surface area (Å²) in [6.07, 6.45) is 3.96. The van der Waals surface area contributed by atoms with Crippen molar-refractivity contribution in [1.29, 1.82) is 0 Å². The first-order valence-electron chi connectivity index (χ1n) is 4.23. The number of hydrogen-bond donors (Lipinski definition) is 2. The van der Waals surface area contributed by atoms with E-state index in [0.29, 0.717) is 6.54 Å². The second-order valence-corrected chi connectivity index (χ2v) is 3.19. The minimum atomic E-state index is -0.323. The second-order valence-electron chi connectivity index (χ2n) is 3.19. The normalized spacial score (nSPS) is 12.8. The third kappa shape index (κ3) is 2.91. The second kappa shape index (κ2) is 4.09. The summed E-state index contributed by atoms with van der Waals surface area (Å²) in [5.74, 6) is -0.323. The molecule has 1 amide bonds. The predicted octanol–water partition coefficient (Wildman–Crippen LogP) is -0.0115. The zero-order chi connectivity index (χ0) is 9.84. The molecule has 1 rings (SSSR count). The summed E-state index contributed by atoms with van der Waals surface area (Å²) in [7, 11) is 1.96. The molecule has 1 heterocycles. The first kappa shape index (κ1) is 9.80. The molecular formula is C9H15N3O. The van der Waals surface area contributed by atoms with Gasteiger partial charge in [0.15, 0.2) is 0 Å². The van der Waals surface area contributed by atoms with E-state index in [9.17, 15) is 4.79 Å². The number of nitrogens with zero attached hydrogens (tertiary/aromatic N) is 1. The molecule has 0 aliphatic heterocycles. The monoisotopic (exact) mass is 181 g/mol. The molecule has 0 saturated carbocycles. The van der Waals surface area contributed by atoms with Crippen molar-refractivity contribution in [2.24, 2.45) is 12.8 Å². The van der Waals surface area contributed by atoms with Gasteiger partial charge in [-0.2, -0.15) is 0 Å². The van der Waals surface area contributed by atoms with Crippen LogP contribution in [-0.2, 0) is 18.4 Å². The number of nitrogens with two attached hydrogens (primary N) is 1. The first-order valence-corrected chi connectivity index (χ1v) is 4.23. The number of amides is 1. The van der Waals surface area contributed by atoms with Crippen LogP contribution in [0.5, 0.6) is 0 Å². The lowest BCUT2D eigenvalue weighted by Gasteiger charge is -2.08. The van der Waals surface area contributed by atoms with Crippen molar-refractivity contribution in [1.82, 2.24) is 9.88 Å². The average Bonchev–Trinajstić information content (AvgIpc) is 2.47. The highest BCUT2D eigenvalue weighted by molar-refractivity contribution is 5.79. The highest BCUT2D eigenvalue weighted by Gasteiger charge is 2.06. The van der Waals surface area contributed by atoms with E-state index in [-0.39, 0.29) is 11.9 Å². The van der Waals surface area contributed by atoms with Crippen LogP contribution in [0.2, 0.25) is 0 Å². The standard InChI is InChI=1S/C9H15N3O/c1-7(9(10)13)11-5-8-3-4-12(2)6-8/h3-4,6-7,11H,5H2,1-2H3,(H2,10,13). The summed E-state index contributed by atoms with van der Waals surface area (Å²) in [6, 6.07) is 1.72. The molecule has 0 bridgehead atoms. The third-order valence-electron chi connectivity index (χ3n) is 1.93. The van der Waals surface area contributed by atoms with Crippen LogP contribution in [0.25, 0.3) is 0 Å². The number of rotatable bonds is 4. The first-order chi connectivity index (χ1) is 6.09. The van der Waals surface area contributed by atoms with E-state index < -0.39 is 0 Å². The molecule has 72 valence electrons. The maximum Gasteiger partial charge on any atom is 0.234 e. The average molecular weight is 181 g/mol. The minimum absolute atomic E-state index is 0.278. The summed E-state index contributed by atoms with van der Waals surface area (Å²) >= 11 is 0. The molecule has 0 fully saturated rings. The van der Waals surface area contributed by atoms with E-state index in [0.717, 1.165) is 5.56 Å². The molecule has 0 aliphatic carbocycles. The van der Waals surface area contributed by atoms with Gasteiger partial charge in [0.1, 0.15) is 0 Å². The van der Waals surface area contributed by atoms with Crippen molar-refractivity contribution in [2.45, 2.75) is 19.5 Å². The van der Waals surface area contributed by atoms with Gasteiger partial charge in [-0.15, -0.1) is 0 Å². The summed E-state index contributed by atoms with van der Waals surface area (Å²) in [4.78, 5) is 10.7. The van der Waals surface area contributed by atoms with Gasteiger partial charge in [0.2, 0.25) is 5.91 Å². The minimum Gasteiger partial charge on any atom is -0.368 e. The number of carbonyl (C=O) groups is 1. The Labute approximate surface area is 77.7 Å². The van der Waals surface area contributed by atoms with E-state index in [4.69, 9.17) is 5.73 Å². The molecule has 0 aromatic carbocycles. The van der Waals surface area contributed by atoms with Crippen molar-refractivity contribution in [3.8, 4) is 0 Å². The number of carbonyl (C=O) groups excluding carboxylic acids is 1. The van der Waals surface area contributed by atoms with Crippen LogP contribution < -0.4 is 11.1 Å². The molecule has 0 aliphatic rings. The van der Waals surface area contributed by atoms with Crippen LogP contribution in [0.1, 0.15) is 12.5 Å². The van der Waals surface area contributed by atoms with E-state index in [2.05, 4.69) is 5.32 Å². The molecule has 1 aromatic rings. The van der Waals surface area contributed by atoms with Gasteiger partial charge in [-0.1, -0.05) is 0 Å². The van der Waals surface area contributed by atoms with Crippen molar-refractivity contribution in [3.63, 3.8) is 0 Å². The van der Waals surface area contributed by atoms with Crippen molar-refractivity contribution in [2.75, 3.05) is 0 Å². The fourth-order valence-corrected chi connectivity index (χ4v) is 1.04. The molecule has 13 heavy (non-hydrogen) atoms. The lowest BCUT2D eigenvalue weighted by molar-refractivity contribution is -0.119. The number of hydrogen-bond acceptors (Lipinski definition) is 2. The summed E-state index contributed by atoms with van der Waals surface area (Å²) in [5.41, 5.74) is 6.25. The SMILES string of the molecule is CC(NCc1ccn(C)c1)C(N)=O. The van der Waals surface area contributed by atoms with E-state index >= 15 is 0 Å². The van der Waals surface area contributed by atoms with Gasteiger partial charge < -0.3 is 15.6 Å². The van der Waals surface area contributed by atoms with Gasteiger partial charge in [0.05, 0.1) is 6.04 Å². The Hall–Kier alpha value is -1.29. The summed E-state index contributed by atoms with van der Waals surface area (Å²) < 4.78 is 1.96. The summed E-state index contributed by atoms with van der Waals surface area (Å²) in [6.45, 7) is 2.43. The van der Waals surface area contributed by atoms with Crippen LogP contribution in [0.4, 0.5) is 0 Å². The summed E-state index contributed by atoms with van der Waals surface area (Å²) in [5, 5.41) is 3.02. The Balaban J connectivity index is 2.39. The van der Waals surface area contributed by atoms with Gasteiger partial charge in [0.25, 0.3) is 0 Å². The molecule has 1 atom stereocenters. The molecule has 4 heteroatoms. The van der Waals surface area contributed by atoms with Crippen molar-refractivity contribution >= 4 is 5.91 Å². The Bertz CT molecular complexity index is 293. The van der Waals surface area contributed by atoms with Crippen LogP contribution in [0, 0.1) is 0 Å². The molecule has 1 unspecified atom stereocenters. The highest BCUT2D eigenvalue weighted by atomic mass is 16.1. The smallest absolute Gasteiger partial charge is 0.234 e. The molecule has 0 saturated heterocycles. The Morgan fingerprint density at radius 2 is 2.46 bits per heavy atom. The van der Waals surface area contributed by atoms with Crippen LogP contribution >= 0.6 is 0 Å². The molecule has 1 aromatic heterocycles. The maximum atomic E-state index is 10.7. The van der Waals surface area contributed by atoms with Gasteiger partial charge in [-0.25, -0.2) is 0 Å². The van der Waals surface area contributed by atoms with E-state index in [1.807, 2.05) is 30.1 Å². The van der Waals surface area contributed by atoms with Gasteiger partial charge in [-0.3, -0.25) is 4.79 Å². The largest absolute Gasteiger partial charge is 0.368 e. The van der Waals surface area contributed by atoms with Crippen LogP contribution in [0.3, 0.4) is 0 Å². The van der Waals surface area contributed by atoms with Crippen LogP contribution in [-0.4, -0.2) is 16.5 Å². The fourth-order valence-electron chi connectivity index (χ4n) is 1.04. The lowest BCUT2D eigenvalue weighted by Crippen LogP contribution is -2.38. The highest BCUT2D eigenvalue weighted by Crippen LogP contribution is 1.98. The number of primary amides is 1. The van der Waals surface area contributed by atoms with Crippen molar-refractivity contribution in [3.05, 3.63) is 24.0 Å². The van der Waals surface area contributed by atoms with Gasteiger partial charge >= 0.3 is 0 Å². The maximum absolute atomic E-state index is 10.7. The van der Waals surface area contributed by atoms with Gasteiger partial charge in [-0.05, 0) is 18.6 Å². The molecule has 0 spiro atoms. The zero-order valence-electron chi connectivity index (χ0n) is 7.95. The van der Waals surface area contributed by atoms with E-state index in [1.165, 1.54) is 0 Å².